The summed E-state index contributed by atoms with van der Waals surface area (Å²) in [6.45, 7) is 9.07. The van der Waals surface area contributed by atoms with E-state index in [1.165, 1.54) is 5.38 Å². The Hall–Kier alpha value is -1.96. The van der Waals surface area contributed by atoms with Gasteiger partial charge in [-0.25, -0.2) is 9.78 Å². The van der Waals surface area contributed by atoms with Gasteiger partial charge in [-0.2, -0.15) is 0 Å². The van der Waals surface area contributed by atoms with Crippen LogP contribution >= 0.6 is 11.3 Å². The number of thiazole rings is 1. The third-order valence-corrected chi connectivity index (χ3v) is 3.71. The zero-order valence-corrected chi connectivity index (χ0v) is 14.8. The lowest BCUT2D eigenvalue weighted by Gasteiger charge is -2.16. The first kappa shape index (κ1) is 19.1. The molecule has 0 radical (unpaired) electrons. The minimum Gasteiger partial charge on any atom is -0.480 e. The summed E-state index contributed by atoms with van der Waals surface area (Å²) < 4.78 is 0. The van der Waals surface area contributed by atoms with Gasteiger partial charge in [0.15, 0.2) is 5.13 Å². The molecule has 3 N–H and O–H groups in total. The lowest BCUT2D eigenvalue weighted by atomic mass is 9.96. The molecule has 1 heterocycles. The predicted octanol–water partition coefficient (Wildman–Crippen LogP) is 2.36. The minimum absolute atomic E-state index is 0.0919. The van der Waals surface area contributed by atoms with Gasteiger partial charge >= 0.3 is 5.97 Å². The molecule has 0 aliphatic heterocycles. The minimum atomic E-state index is -1.08. The number of aromatic nitrogens is 1. The van der Waals surface area contributed by atoms with Crippen LogP contribution in [0.15, 0.2) is 5.38 Å². The molecule has 0 aromatic carbocycles. The number of nitrogens with one attached hydrogen (secondary N) is 2. The fraction of sp³-hybridized carbons (Fsp3) is 0.600. The van der Waals surface area contributed by atoms with Gasteiger partial charge in [-0.15, -0.1) is 11.3 Å². The van der Waals surface area contributed by atoms with E-state index in [1.807, 2.05) is 13.8 Å². The molecule has 1 aromatic heterocycles. The van der Waals surface area contributed by atoms with Crippen LogP contribution in [0.5, 0.6) is 0 Å². The molecule has 8 heteroatoms. The van der Waals surface area contributed by atoms with E-state index in [-0.39, 0.29) is 17.5 Å². The van der Waals surface area contributed by atoms with Gasteiger partial charge < -0.3 is 15.7 Å². The summed E-state index contributed by atoms with van der Waals surface area (Å²) in [5.74, 6) is -1.72. The van der Waals surface area contributed by atoms with Gasteiger partial charge in [-0.05, 0) is 12.3 Å². The second-order valence-electron chi connectivity index (χ2n) is 6.74. The molecule has 0 spiro atoms. The Bertz CT molecular complexity index is 590. The molecule has 0 aliphatic rings. The Morgan fingerprint density at radius 3 is 2.39 bits per heavy atom. The highest BCUT2D eigenvalue weighted by Crippen LogP contribution is 2.20. The summed E-state index contributed by atoms with van der Waals surface area (Å²) in [6.07, 6.45) is 0.332. The number of aliphatic carboxylic acids is 1. The average Bonchev–Trinajstić information content (AvgIpc) is 2.84. The van der Waals surface area contributed by atoms with Crippen molar-refractivity contribution in [3.8, 4) is 0 Å². The van der Waals surface area contributed by atoms with Crippen molar-refractivity contribution < 1.29 is 19.5 Å². The number of amides is 2. The van der Waals surface area contributed by atoms with Gasteiger partial charge in [0.05, 0.1) is 0 Å². The maximum atomic E-state index is 12.1. The van der Waals surface area contributed by atoms with Crippen LogP contribution in [0, 0.1) is 11.3 Å². The fourth-order valence-electron chi connectivity index (χ4n) is 1.65. The second kappa shape index (κ2) is 7.54. The van der Waals surface area contributed by atoms with Gasteiger partial charge in [-0.1, -0.05) is 34.6 Å². The van der Waals surface area contributed by atoms with E-state index in [4.69, 9.17) is 5.11 Å². The number of anilines is 1. The third-order valence-electron chi connectivity index (χ3n) is 2.95. The summed E-state index contributed by atoms with van der Waals surface area (Å²) in [6, 6.07) is -0.961. The normalized spacial score (nSPS) is 12.8. The Balaban J connectivity index is 2.74. The number of carboxylic acids is 1. The molecule has 0 saturated carbocycles. The van der Waals surface area contributed by atoms with Crippen molar-refractivity contribution in [3.05, 3.63) is 11.1 Å². The van der Waals surface area contributed by atoms with Crippen LogP contribution in [0.2, 0.25) is 0 Å². The highest BCUT2D eigenvalue weighted by atomic mass is 32.1. The van der Waals surface area contributed by atoms with Crippen LogP contribution in [-0.4, -0.2) is 33.9 Å². The van der Waals surface area contributed by atoms with E-state index >= 15 is 0 Å². The van der Waals surface area contributed by atoms with E-state index in [0.29, 0.717) is 11.6 Å². The van der Waals surface area contributed by atoms with Crippen LogP contribution in [0.4, 0.5) is 5.13 Å². The van der Waals surface area contributed by atoms with Gasteiger partial charge in [0.25, 0.3) is 5.91 Å². The Morgan fingerprint density at radius 1 is 1.30 bits per heavy atom. The van der Waals surface area contributed by atoms with E-state index < -0.39 is 23.3 Å². The van der Waals surface area contributed by atoms with Gasteiger partial charge in [0.1, 0.15) is 11.7 Å². The first-order valence-electron chi connectivity index (χ1n) is 7.31. The summed E-state index contributed by atoms with van der Waals surface area (Å²) in [4.78, 5) is 39.2. The molecule has 0 aliphatic carbocycles. The summed E-state index contributed by atoms with van der Waals surface area (Å²) in [7, 11) is 0. The third kappa shape index (κ3) is 5.97. The predicted molar refractivity (Wildman–Crippen MR) is 88.5 cm³/mol. The van der Waals surface area contributed by atoms with E-state index in [1.54, 1.807) is 20.8 Å². The lowest BCUT2D eigenvalue weighted by Crippen LogP contribution is -2.41. The fourth-order valence-corrected chi connectivity index (χ4v) is 2.33. The number of nitrogens with zero attached hydrogens (tertiary/aromatic N) is 1. The first-order chi connectivity index (χ1) is 10.5. The van der Waals surface area contributed by atoms with Crippen LogP contribution in [-0.2, 0) is 9.59 Å². The van der Waals surface area contributed by atoms with Crippen molar-refractivity contribution in [3.63, 3.8) is 0 Å². The molecule has 1 unspecified atom stereocenters. The number of rotatable bonds is 6. The monoisotopic (exact) mass is 341 g/mol. The Labute approximate surface area is 139 Å². The maximum Gasteiger partial charge on any atom is 0.326 e. The average molecular weight is 341 g/mol. The Kier molecular flexibility index (Phi) is 6.26. The zero-order chi connectivity index (χ0) is 17.8. The number of hydrogen-bond acceptors (Lipinski definition) is 5. The van der Waals surface area contributed by atoms with Crippen molar-refractivity contribution in [1.82, 2.24) is 10.3 Å². The maximum absolute atomic E-state index is 12.1. The molecule has 7 nitrogen and oxygen atoms in total. The molecule has 0 bridgehead atoms. The Morgan fingerprint density at radius 2 is 1.91 bits per heavy atom. The van der Waals surface area contributed by atoms with Crippen LogP contribution < -0.4 is 10.6 Å². The number of carbonyl (C=O) groups excluding carboxylic acids is 2. The lowest BCUT2D eigenvalue weighted by molar-refractivity contribution is -0.139. The van der Waals surface area contributed by atoms with Crippen LogP contribution in [0.3, 0.4) is 0 Å². The quantitative estimate of drug-likeness (QED) is 0.736. The summed E-state index contributed by atoms with van der Waals surface area (Å²) in [5, 5.41) is 16.0. The van der Waals surface area contributed by atoms with Crippen LogP contribution in [0.1, 0.15) is 51.5 Å². The van der Waals surface area contributed by atoms with Gasteiger partial charge in [0, 0.05) is 10.8 Å². The van der Waals surface area contributed by atoms with Crippen molar-refractivity contribution in [1.29, 1.82) is 0 Å². The van der Waals surface area contributed by atoms with Crippen LogP contribution in [0.25, 0.3) is 0 Å². The second-order valence-corrected chi connectivity index (χ2v) is 7.59. The van der Waals surface area contributed by atoms with Gasteiger partial charge in [-0.3, -0.25) is 9.59 Å². The zero-order valence-electron chi connectivity index (χ0n) is 14.0. The molecule has 1 rings (SSSR count). The molecular formula is C15H23N3O4S. The molecule has 2 amide bonds. The number of carboxylic acid groups (broad SMARTS) is 1. The topological polar surface area (TPSA) is 108 Å². The van der Waals surface area contributed by atoms with Crippen molar-refractivity contribution in [2.45, 2.75) is 47.1 Å². The van der Waals surface area contributed by atoms with E-state index in [9.17, 15) is 14.4 Å². The summed E-state index contributed by atoms with van der Waals surface area (Å²) in [5.41, 5.74) is -0.478. The highest BCUT2D eigenvalue weighted by Gasteiger charge is 2.25. The number of carbonyl (C=O) groups is 3. The standard InChI is InChI=1S/C15H23N3O4S/c1-8(2)6-9(12(20)21)16-11(19)10-7-23-14(17-10)18-13(22)15(3,4)5/h7-9H,6H2,1-5H3,(H,16,19)(H,20,21)(H,17,18,22). The molecule has 0 fully saturated rings. The van der Waals surface area contributed by atoms with E-state index in [2.05, 4.69) is 15.6 Å². The SMILES string of the molecule is CC(C)CC(NC(=O)c1csc(NC(=O)C(C)(C)C)n1)C(=O)O. The molecule has 1 atom stereocenters. The summed E-state index contributed by atoms with van der Waals surface area (Å²) >= 11 is 1.12. The largest absolute Gasteiger partial charge is 0.480 e. The van der Waals surface area contributed by atoms with E-state index in [0.717, 1.165) is 11.3 Å². The molecule has 0 saturated heterocycles. The number of hydrogen-bond donors (Lipinski definition) is 3. The highest BCUT2D eigenvalue weighted by molar-refractivity contribution is 7.14. The first-order valence-corrected chi connectivity index (χ1v) is 8.19. The van der Waals surface area contributed by atoms with Crippen molar-refractivity contribution in [2.75, 3.05) is 5.32 Å². The molecular weight excluding hydrogens is 318 g/mol. The molecule has 1 aromatic rings. The smallest absolute Gasteiger partial charge is 0.326 e. The van der Waals surface area contributed by atoms with Crippen molar-refractivity contribution in [2.24, 2.45) is 11.3 Å². The van der Waals surface area contributed by atoms with Gasteiger partial charge in [0.2, 0.25) is 5.91 Å². The van der Waals surface area contributed by atoms with Crippen molar-refractivity contribution >= 4 is 34.3 Å². The molecule has 128 valence electrons. The molecule has 23 heavy (non-hydrogen) atoms.